The second-order valence-corrected chi connectivity index (χ2v) is 5.46. The summed E-state index contributed by atoms with van der Waals surface area (Å²) in [6, 6.07) is 2.80. The summed E-state index contributed by atoms with van der Waals surface area (Å²) in [5.74, 6) is -0.972. The van der Waals surface area contributed by atoms with Crippen molar-refractivity contribution in [1.29, 1.82) is 0 Å². The van der Waals surface area contributed by atoms with E-state index in [1.807, 2.05) is 6.07 Å². The molecule has 2 amide bonds. The number of pyridine rings is 1. The number of carbonyl (C=O) groups excluding carboxylic acids is 1. The highest BCUT2D eigenvalue weighted by molar-refractivity contribution is 5.79. The van der Waals surface area contributed by atoms with Gasteiger partial charge in [-0.1, -0.05) is 6.07 Å². The van der Waals surface area contributed by atoms with E-state index in [4.69, 9.17) is 4.74 Å². The van der Waals surface area contributed by atoms with Crippen molar-refractivity contribution in [2.45, 2.75) is 19.5 Å². The van der Waals surface area contributed by atoms with Crippen molar-refractivity contribution >= 4 is 12.0 Å². The maximum Gasteiger partial charge on any atom is 0.317 e. The van der Waals surface area contributed by atoms with E-state index in [0.717, 1.165) is 5.56 Å². The van der Waals surface area contributed by atoms with Gasteiger partial charge in [0.15, 0.2) is 0 Å². The van der Waals surface area contributed by atoms with Crippen LogP contribution in [0.5, 0.6) is 0 Å². The summed E-state index contributed by atoms with van der Waals surface area (Å²) in [6.45, 7) is 2.28. The zero-order valence-electron chi connectivity index (χ0n) is 12.1. The Labute approximate surface area is 122 Å². The highest BCUT2D eigenvalue weighted by atomic mass is 16.5. The molecule has 2 rings (SSSR count). The van der Waals surface area contributed by atoms with Gasteiger partial charge in [-0.15, -0.1) is 0 Å². The van der Waals surface area contributed by atoms with Crippen LogP contribution in [-0.4, -0.2) is 53.3 Å². The lowest BCUT2D eigenvalue weighted by Gasteiger charge is -2.27. The fourth-order valence-corrected chi connectivity index (χ4v) is 2.18. The maximum absolute atomic E-state index is 12.2. The van der Waals surface area contributed by atoms with Gasteiger partial charge in [-0.2, -0.15) is 0 Å². The fraction of sp³-hybridized carbons (Fsp3) is 0.500. The van der Waals surface area contributed by atoms with Crippen molar-refractivity contribution in [1.82, 2.24) is 15.2 Å². The molecule has 114 valence electrons. The molecule has 0 radical (unpaired) electrons. The smallest absolute Gasteiger partial charge is 0.317 e. The molecule has 1 saturated heterocycles. The average molecular weight is 293 g/mol. The molecule has 0 saturated carbocycles. The Morgan fingerprint density at radius 1 is 1.62 bits per heavy atom. The summed E-state index contributed by atoms with van der Waals surface area (Å²) in [4.78, 5) is 29.0. The third kappa shape index (κ3) is 3.30. The topological polar surface area (TPSA) is 91.8 Å². The van der Waals surface area contributed by atoms with Gasteiger partial charge in [-0.25, -0.2) is 4.79 Å². The van der Waals surface area contributed by atoms with Crippen LogP contribution in [0.2, 0.25) is 0 Å². The van der Waals surface area contributed by atoms with Crippen LogP contribution in [0.25, 0.3) is 0 Å². The van der Waals surface area contributed by atoms with Gasteiger partial charge in [-0.3, -0.25) is 9.78 Å². The van der Waals surface area contributed by atoms with E-state index in [9.17, 15) is 14.7 Å². The minimum atomic E-state index is -1.09. The molecular formula is C14H19N3O4. The number of nitrogens with one attached hydrogen (secondary N) is 1. The zero-order chi connectivity index (χ0) is 15.5. The Morgan fingerprint density at radius 2 is 2.38 bits per heavy atom. The number of hydrogen-bond acceptors (Lipinski definition) is 4. The number of carboxylic acids is 1. The van der Waals surface area contributed by atoms with E-state index in [0.29, 0.717) is 6.54 Å². The molecule has 2 atom stereocenters. The number of aromatic nitrogens is 1. The number of rotatable bonds is 4. The van der Waals surface area contributed by atoms with E-state index >= 15 is 0 Å². The summed E-state index contributed by atoms with van der Waals surface area (Å²) in [5, 5.41) is 12.0. The molecule has 0 spiro atoms. The van der Waals surface area contributed by atoms with Gasteiger partial charge in [0.25, 0.3) is 0 Å². The number of carbonyl (C=O) groups is 2. The number of nitrogens with zero attached hydrogens (tertiary/aromatic N) is 2. The van der Waals surface area contributed by atoms with Gasteiger partial charge < -0.3 is 20.1 Å². The second-order valence-electron chi connectivity index (χ2n) is 5.46. The first-order chi connectivity index (χ1) is 9.93. The molecule has 1 aromatic heterocycles. The fourth-order valence-electron chi connectivity index (χ4n) is 2.18. The van der Waals surface area contributed by atoms with Crippen molar-refractivity contribution < 1.29 is 19.4 Å². The van der Waals surface area contributed by atoms with Crippen LogP contribution >= 0.6 is 0 Å². The maximum atomic E-state index is 12.2. The number of ether oxygens (including phenoxy) is 1. The van der Waals surface area contributed by atoms with Crippen molar-refractivity contribution in [3.05, 3.63) is 30.1 Å². The van der Waals surface area contributed by atoms with Crippen molar-refractivity contribution in [3.8, 4) is 0 Å². The first-order valence-electron chi connectivity index (χ1n) is 6.65. The molecule has 1 aliphatic rings. The lowest BCUT2D eigenvalue weighted by Crippen LogP contribution is -2.52. The molecule has 2 unspecified atom stereocenters. The molecule has 0 bridgehead atoms. The molecule has 0 aliphatic carbocycles. The SMILES string of the molecule is CN(Cc1cccnc1)C(=O)NC1COCC1(C)C(=O)O. The van der Waals surface area contributed by atoms with Gasteiger partial charge in [0.2, 0.25) is 0 Å². The molecule has 0 aromatic carbocycles. The van der Waals surface area contributed by atoms with Crippen LogP contribution in [0.4, 0.5) is 4.79 Å². The van der Waals surface area contributed by atoms with Gasteiger partial charge >= 0.3 is 12.0 Å². The monoisotopic (exact) mass is 293 g/mol. The van der Waals surface area contributed by atoms with E-state index in [1.54, 1.807) is 32.4 Å². The molecule has 1 aromatic rings. The number of amides is 2. The standard InChI is InChI=1S/C14H19N3O4/c1-14(12(18)19)9-21-8-11(14)16-13(20)17(2)7-10-4-3-5-15-6-10/h3-6,11H,7-9H2,1-2H3,(H,16,20)(H,18,19). The van der Waals surface area contributed by atoms with E-state index in [-0.39, 0.29) is 19.2 Å². The minimum absolute atomic E-state index is 0.0968. The molecule has 2 N–H and O–H groups in total. The van der Waals surface area contributed by atoms with Crippen LogP contribution in [0, 0.1) is 5.41 Å². The van der Waals surface area contributed by atoms with Crippen molar-refractivity contribution in [2.75, 3.05) is 20.3 Å². The molecule has 2 heterocycles. The quantitative estimate of drug-likeness (QED) is 0.853. The summed E-state index contributed by atoms with van der Waals surface area (Å²) < 4.78 is 5.21. The number of hydrogen-bond donors (Lipinski definition) is 2. The predicted molar refractivity (Wildman–Crippen MR) is 74.6 cm³/mol. The van der Waals surface area contributed by atoms with Gasteiger partial charge in [0.05, 0.1) is 19.3 Å². The number of urea groups is 1. The molecule has 21 heavy (non-hydrogen) atoms. The second kappa shape index (κ2) is 6.09. The van der Waals surface area contributed by atoms with Crippen LogP contribution in [0.1, 0.15) is 12.5 Å². The Morgan fingerprint density at radius 3 is 3.00 bits per heavy atom. The highest BCUT2D eigenvalue weighted by Gasteiger charge is 2.47. The number of aliphatic carboxylic acids is 1. The molecule has 1 fully saturated rings. The first-order valence-corrected chi connectivity index (χ1v) is 6.65. The first kappa shape index (κ1) is 15.2. The molecular weight excluding hydrogens is 274 g/mol. The van der Waals surface area contributed by atoms with Crippen molar-refractivity contribution in [2.24, 2.45) is 5.41 Å². The van der Waals surface area contributed by atoms with Crippen LogP contribution in [0.15, 0.2) is 24.5 Å². The van der Waals surface area contributed by atoms with E-state index < -0.39 is 17.4 Å². The lowest BCUT2D eigenvalue weighted by atomic mass is 9.85. The van der Waals surface area contributed by atoms with Crippen molar-refractivity contribution in [3.63, 3.8) is 0 Å². The van der Waals surface area contributed by atoms with E-state index in [1.165, 1.54) is 4.90 Å². The van der Waals surface area contributed by atoms with E-state index in [2.05, 4.69) is 10.3 Å². The predicted octanol–water partition coefficient (Wildman–Crippen LogP) is 0.713. The molecule has 7 nitrogen and oxygen atoms in total. The van der Waals surface area contributed by atoms with Crippen LogP contribution in [-0.2, 0) is 16.1 Å². The van der Waals surface area contributed by atoms with Gasteiger partial charge in [0, 0.05) is 26.0 Å². The molecule has 1 aliphatic heterocycles. The van der Waals surface area contributed by atoms with Gasteiger partial charge in [-0.05, 0) is 18.6 Å². The summed E-state index contributed by atoms with van der Waals surface area (Å²) in [6.07, 6.45) is 3.35. The van der Waals surface area contributed by atoms with Crippen LogP contribution in [0.3, 0.4) is 0 Å². The van der Waals surface area contributed by atoms with Crippen LogP contribution < -0.4 is 5.32 Å². The van der Waals surface area contributed by atoms with Gasteiger partial charge in [0.1, 0.15) is 5.41 Å². The third-order valence-corrected chi connectivity index (χ3v) is 3.73. The Bertz CT molecular complexity index is 522. The normalized spacial score (nSPS) is 24.6. The zero-order valence-corrected chi connectivity index (χ0v) is 12.1. The minimum Gasteiger partial charge on any atom is -0.481 e. The lowest BCUT2D eigenvalue weighted by molar-refractivity contribution is -0.148. The average Bonchev–Trinajstić information content (AvgIpc) is 2.82. The third-order valence-electron chi connectivity index (χ3n) is 3.73. The Kier molecular flexibility index (Phi) is 4.42. The summed E-state index contributed by atoms with van der Waals surface area (Å²) in [7, 11) is 1.65. The summed E-state index contributed by atoms with van der Waals surface area (Å²) >= 11 is 0. The number of carboxylic acid groups (broad SMARTS) is 1. The largest absolute Gasteiger partial charge is 0.481 e. The Hall–Kier alpha value is -2.15. The highest BCUT2D eigenvalue weighted by Crippen LogP contribution is 2.28. The molecule has 7 heteroatoms. The summed E-state index contributed by atoms with van der Waals surface area (Å²) in [5.41, 5.74) is -0.191. The Balaban J connectivity index is 1.96.